The molecule has 0 aliphatic carbocycles. The van der Waals surface area contributed by atoms with E-state index in [1.165, 1.54) is 0 Å². The molecule has 0 atom stereocenters. The van der Waals surface area contributed by atoms with E-state index >= 15 is 0 Å². The number of amidine groups is 1. The summed E-state index contributed by atoms with van der Waals surface area (Å²) in [6.07, 6.45) is 1.62. The lowest BCUT2D eigenvalue weighted by Crippen LogP contribution is -2.15. The first kappa shape index (κ1) is 12.3. The van der Waals surface area contributed by atoms with Gasteiger partial charge in [-0.05, 0) is 24.1 Å². The molecule has 0 fully saturated rings. The molecule has 0 amide bonds. The highest BCUT2D eigenvalue weighted by atomic mass is 35.5. The molecule has 0 radical (unpaired) electrons. The van der Waals surface area contributed by atoms with Crippen LogP contribution in [0.15, 0.2) is 23.2 Å². The van der Waals surface area contributed by atoms with Crippen molar-refractivity contribution < 1.29 is 0 Å². The molecule has 0 aliphatic rings. The SMILES string of the molecule is CCCN=C(N)Cc1ccc(Cl)c(Cl)c1. The Labute approximate surface area is 100 Å². The summed E-state index contributed by atoms with van der Waals surface area (Å²) >= 11 is 11.7. The number of nitrogens with zero attached hydrogens (tertiary/aromatic N) is 1. The minimum Gasteiger partial charge on any atom is -0.387 e. The number of aliphatic imine (C=N–C) groups is 1. The van der Waals surface area contributed by atoms with E-state index in [2.05, 4.69) is 11.9 Å². The van der Waals surface area contributed by atoms with Gasteiger partial charge in [0.15, 0.2) is 0 Å². The van der Waals surface area contributed by atoms with Crippen molar-refractivity contribution in [2.24, 2.45) is 10.7 Å². The highest BCUT2D eigenvalue weighted by Gasteiger charge is 2.01. The van der Waals surface area contributed by atoms with Crippen LogP contribution >= 0.6 is 23.2 Å². The first-order valence-electron chi connectivity index (χ1n) is 4.86. The summed E-state index contributed by atoms with van der Waals surface area (Å²) < 4.78 is 0. The van der Waals surface area contributed by atoms with E-state index in [0.29, 0.717) is 22.3 Å². The zero-order chi connectivity index (χ0) is 11.3. The Kier molecular flexibility index (Phi) is 4.92. The van der Waals surface area contributed by atoms with Crippen LogP contribution in [0.3, 0.4) is 0 Å². The zero-order valence-corrected chi connectivity index (χ0v) is 10.1. The predicted octanol–water partition coefficient (Wildman–Crippen LogP) is 3.30. The highest BCUT2D eigenvalue weighted by molar-refractivity contribution is 6.42. The summed E-state index contributed by atoms with van der Waals surface area (Å²) in [4.78, 5) is 4.21. The van der Waals surface area contributed by atoms with Gasteiger partial charge in [-0.25, -0.2) is 0 Å². The Morgan fingerprint density at radius 1 is 1.33 bits per heavy atom. The Hall–Kier alpha value is -0.730. The van der Waals surface area contributed by atoms with Crippen molar-refractivity contribution in [3.63, 3.8) is 0 Å². The number of nitrogens with two attached hydrogens (primary N) is 1. The standard InChI is InChI=1S/C11H14Cl2N2/c1-2-5-15-11(14)7-8-3-4-9(12)10(13)6-8/h3-4,6H,2,5,7H2,1H3,(H2,14,15). The molecule has 0 spiro atoms. The number of rotatable bonds is 4. The average Bonchev–Trinajstić information content (AvgIpc) is 2.20. The third-order valence-electron chi connectivity index (χ3n) is 1.91. The van der Waals surface area contributed by atoms with Gasteiger partial charge in [-0.1, -0.05) is 36.2 Å². The average molecular weight is 245 g/mol. The maximum atomic E-state index is 5.89. The Balaban J connectivity index is 2.68. The molecule has 1 aromatic carbocycles. The smallest absolute Gasteiger partial charge is 0.0981 e. The van der Waals surface area contributed by atoms with Crippen LogP contribution in [0.1, 0.15) is 18.9 Å². The minimum absolute atomic E-state index is 0.553. The molecule has 0 saturated heterocycles. The second-order valence-corrected chi connectivity index (χ2v) is 4.11. The summed E-state index contributed by atoms with van der Waals surface area (Å²) in [6, 6.07) is 5.49. The summed E-state index contributed by atoms with van der Waals surface area (Å²) in [5, 5.41) is 1.11. The van der Waals surface area contributed by atoms with Crippen molar-refractivity contribution in [2.45, 2.75) is 19.8 Å². The van der Waals surface area contributed by atoms with E-state index in [1.807, 2.05) is 12.1 Å². The van der Waals surface area contributed by atoms with Crippen LogP contribution in [0, 0.1) is 0 Å². The van der Waals surface area contributed by atoms with Crippen LogP contribution in [0.5, 0.6) is 0 Å². The van der Waals surface area contributed by atoms with E-state index < -0.39 is 0 Å². The minimum atomic E-state index is 0.553. The van der Waals surface area contributed by atoms with Crippen molar-refractivity contribution in [3.05, 3.63) is 33.8 Å². The van der Waals surface area contributed by atoms with Crippen molar-refractivity contribution in [1.29, 1.82) is 0 Å². The van der Waals surface area contributed by atoms with E-state index in [9.17, 15) is 0 Å². The molecule has 1 rings (SSSR count). The molecule has 2 N–H and O–H groups in total. The second kappa shape index (κ2) is 5.99. The maximum absolute atomic E-state index is 5.89. The summed E-state index contributed by atoms with van der Waals surface area (Å²) in [5.41, 5.74) is 6.78. The van der Waals surface area contributed by atoms with Crippen molar-refractivity contribution >= 4 is 29.0 Å². The molecule has 0 unspecified atom stereocenters. The van der Waals surface area contributed by atoms with Gasteiger partial charge in [0.2, 0.25) is 0 Å². The lowest BCUT2D eigenvalue weighted by molar-refractivity contribution is 0.924. The van der Waals surface area contributed by atoms with Gasteiger partial charge in [0.1, 0.15) is 0 Å². The molecule has 4 heteroatoms. The lowest BCUT2D eigenvalue weighted by Gasteiger charge is -2.03. The first-order chi connectivity index (χ1) is 7.13. The van der Waals surface area contributed by atoms with E-state index in [1.54, 1.807) is 6.07 Å². The van der Waals surface area contributed by atoms with Crippen LogP contribution in [-0.4, -0.2) is 12.4 Å². The molecule has 15 heavy (non-hydrogen) atoms. The number of benzene rings is 1. The first-order valence-corrected chi connectivity index (χ1v) is 5.61. The second-order valence-electron chi connectivity index (χ2n) is 3.30. The van der Waals surface area contributed by atoms with E-state index in [-0.39, 0.29) is 0 Å². The summed E-state index contributed by atoms with van der Waals surface area (Å²) in [5.74, 6) is 0.634. The van der Waals surface area contributed by atoms with Gasteiger partial charge in [-0.2, -0.15) is 0 Å². The third-order valence-corrected chi connectivity index (χ3v) is 2.65. The van der Waals surface area contributed by atoms with Gasteiger partial charge >= 0.3 is 0 Å². The lowest BCUT2D eigenvalue weighted by atomic mass is 10.1. The molecule has 0 aliphatic heterocycles. The van der Waals surface area contributed by atoms with Gasteiger partial charge in [0.05, 0.1) is 15.9 Å². The van der Waals surface area contributed by atoms with Crippen molar-refractivity contribution in [3.8, 4) is 0 Å². The van der Waals surface area contributed by atoms with Gasteiger partial charge in [-0.15, -0.1) is 0 Å². The zero-order valence-electron chi connectivity index (χ0n) is 8.63. The molecule has 82 valence electrons. The molecule has 2 nitrogen and oxygen atoms in total. The Bertz CT molecular complexity index is 362. The van der Waals surface area contributed by atoms with Crippen LogP contribution in [0.2, 0.25) is 10.0 Å². The molecular weight excluding hydrogens is 231 g/mol. The fourth-order valence-electron chi connectivity index (χ4n) is 1.17. The van der Waals surface area contributed by atoms with Crippen LogP contribution < -0.4 is 5.73 Å². The largest absolute Gasteiger partial charge is 0.387 e. The van der Waals surface area contributed by atoms with Gasteiger partial charge in [0.25, 0.3) is 0 Å². The third kappa shape index (κ3) is 4.10. The summed E-state index contributed by atoms with van der Waals surface area (Å²) in [7, 11) is 0. The number of halogens is 2. The molecule has 0 heterocycles. The quantitative estimate of drug-likeness (QED) is 0.641. The molecule has 0 saturated carbocycles. The Morgan fingerprint density at radius 3 is 2.67 bits per heavy atom. The van der Waals surface area contributed by atoms with Crippen LogP contribution in [0.4, 0.5) is 0 Å². The van der Waals surface area contributed by atoms with Crippen molar-refractivity contribution in [1.82, 2.24) is 0 Å². The monoisotopic (exact) mass is 244 g/mol. The normalized spacial score (nSPS) is 11.8. The van der Waals surface area contributed by atoms with Gasteiger partial charge in [-0.3, -0.25) is 4.99 Å². The van der Waals surface area contributed by atoms with Crippen LogP contribution in [0.25, 0.3) is 0 Å². The number of hydrogen-bond acceptors (Lipinski definition) is 1. The molecule has 1 aromatic rings. The van der Waals surface area contributed by atoms with Crippen molar-refractivity contribution in [2.75, 3.05) is 6.54 Å². The van der Waals surface area contributed by atoms with E-state index in [4.69, 9.17) is 28.9 Å². The maximum Gasteiger partial charge on any atom is 0.0981 e. The molecular formula is C11H14Cl2N2. The molecule has 0 bridgehead atoms. The fraction of sp³-hybridized carbons (Fsp3) is 0.364. The highest BCUT2D eigenvalue weighted by Crippen LogP contribution is 2.22. The summed E-state index contributed by atoms with van der Waals surface area (Å²) in [6.45, 7) is 2.84. The topological polar surface area (TPSA) is 38.4 Å². The van der Waals surface area contributed by atoms with Gasteiger partial charge in [0, 0.05) is 13.0 Å². The van der Waals surface area contributed by atoms with Crippen LogP contribution in [-0.2, 0) is 6.42 Å². The molecule has 0 aromatic heterocycles. The fourth-order valence-corrected chi connectivity index (χ4v) is 1.49. The van der Waals surface area contributed by atoms with E-state index in [0.717, 1.165) is 18.5 Å². The van der Waals surface area contributed by atoms with Gasteiger partial charge < -0.3 is 5.73 Å². The Morgan fingerprint density at radius 2 is 2.07 bits per heavy atom. The number of hydrogen-bond donors (Lipinski definition) is 1. The predicted molar refractivity (Wildman–Crippen MR) is 66.9 cm³/mol.